The molecule has 0 bridgehead atoms. The lowest BCUT2D eigenvalue weighted by Crippen LogP contribution is -2.09. The van der Waals surface area contributed by atoms with E-state index >= 15 is 0 Å². The highest BCUT2D eigenvalue weighted by Gasteiger charge is 2.25. The van der Waals surface area contributed by atoms with Crippen molar-refractivity contribution in [3.63, 3.8) is 0 Å². The van der Waals surface area contributed by atoms with Gasteiger partial charge in [0, 0.05) is 5.56 Å². The molecular formula is C30H28F6O. The van der Waals surface area contributed by atoms with E-state index in [9.17, 15) is 26.3 Å². The van der Waals surface area contributed by atoms with E-state index in [1.165, 1.54) is 37.3 Å². The fraction of sp³-hybridized carbons (Fsp3) is 0.333. The summed E-state index contributed by atoms with van der Waals surface area (Å²) in [5, 5.41) is 0. The van der Waals surface area contributed by atoms with Crippen LogP contribution in [0.4, 0.5) is 26.3 Å². The lowest BCUT2D eigenvalue weighted by molar-refractivity contribution is 0.294. The predicted molar refractivity (Wildman–Crippen MR) is 132 cm³/mol. The zero-order chi connectivity index (χ0) is 26.7. The summed E-state index contributed by atoms with van der Waals surface area (Å²) < 4.78 is 92.1. The number of aryl methyl sites for hydroxylation is 3. The summed E-state index contributed by atoms with van der Waals surface area (Å²) in [6, 6.07) is 8.76. The van der Waals surface area contributed by atoms with Crippen LogP contribution >= 0.6 is 0 Å². The highest BCUT2D eigenvalue weighted by atomic mass is 19.2. The van der Waals surface area contributed by atoms with Gasteiger partial charge in [-0.1, -0.05) is 43.3 Å². The average Bonchev–Trinajstić information content (AvgIpc) is 2.90. The third-order valence-electron chi connectivity index (χ3n) is 6.92. The molecule has 0 N–H and O–H groups in total. The van der Waals surface area contributed by atoms with Crippen molar-refractivity contribution in [1.82, 2.24) is 0 Å². The van der Waals surface area contributed by atoms with Crippen LogP contribution in [0, 0.1) is 41.8 Å². The van der Waals surface area contributed by atoms with Crippen molar-refractivity contribution in [3.05, 3.63) is 105 Å². The van der Waals surface area contributed by atoms with Gasteiger partial charge in [-0.15, -0.1) is 0 Å². The summed E-state index contributed by atoms with van der Waals surface area (Å²) in [4.78, 5) is 0. The smallest absolute Gasteiger partial charge is 0.200 e. The van der Waals surface area contributed by atoms with Crippen LogP contribution in [0.25, 0.3) is 5.57 Å². The Morgan fingerprint density at radius 2 is 1.43 bits per heavy atom. The van der Waals surface area contributed by atoms with Crippen LogP contribution in [0.2, 0.25) is 0 Å². The van der Waals surface area contributed by atoms with Gasteiger partial charge in [-0.3, -0.25) is 0 Å². The molecule has 196 valence electrons. The first kappa shape index (κ1) is 26.8. The number of halogens is 6. The number of hydrogen-bond donors (Lipinski definition) is 0. The standard InChI is InChI=1S/C30H28F6O/c1-3-16-37-24-15-12-21(27(33)30(24)36)10-9-20-11-14-23(29(35)26(20)32)19-7-5-18(6-8-19)22-13-4-17(2)25(31)28(22)34/h4,7,11-15,18H,3,5-6,8-10,16H2,1-2H3. The van der Waals surface area contributed by atoms with Gasteiger partial charge < -0.3 is 4.74 Å². The molecule has 1 unspecified atom stereocenters. The van der Waals surface area contributed by atoms with Gasteiger partial charge >= 0.3 is 0 Å². The van der Waals surface area contributed by atoms with Crippen molar-refractivity contribution in [2.45, 2.75) is 58.3 Å². The summed E-state index contributed by atoms with van der Waals surface area (Å²) in [5.41, 5.74) is 1.34. The summed E-state index contributed by atoms with van der Waals surface area (Å²) in [6.45, 7) is 3.60. The second kappa shape index (κ2) is 11.4. The normalized spacial score (nSPS) is 15.6. The summed E-state index contributed by atoms with van der Waals surface area (Å²) in [6.07, 6.45) is 3.57. The molecule has 4 rings (SSSR count). The molecule has 0 saturated heterocycles. The van der Waals surface area contributed by atoms with Gasteiger partial charge in [0.1, 0.15) is 0 Å². The number of ether oxygens (including phenoxy) is 1. The SMILES string of the molecule is CCCOc1ccc(CCc2ccc(C3=CCC(c4ccc(C)c(F)c4F)CC3)c(F)c2F)c(F)c1F. The maximum absolute atomic E-state index is 15.0. The molecule has 0 fully saturated rings. The van der Waals surface area contributed by atoms with Gasteiger partial charge in [-0.25, -0.2) is 22.0 Å². The van der Waals surface area contributed by atoms with E-state index in [-0.39, 0.29) is 58.9 Å². The number of rotatable bonds is 8. The molecule has 1 nitrogen and oxygen atoms in total. The summed E-state index contributed by atoms with van der Waals surface area (Å²) in [7, 11) is 0. The number of hydrogen-bond acceptors (Lipinski definition) is 1. The molecule has 0 aromatic heterocycles. The first-order chi connectivity index (χ1) is 17.7. The quantitative estimate of drug-likeness (QED) is 0.271. The Morgan fingerprint density at radius 1 is 0.757 bits per heavy atom. The molecule has 0 spiro atoms. The monoisotopic (exact) mass is 518 g/mol. The van der Waals surface area contributed by atoms with E-state index in [1.54, 1.807) is 12.1 Å². The Hall–Kier alpha value is -3.22. The van der Waals surface area contributed by atoms with Crippen LogP contribution in [0.5, 0.6) is 5.75 Å². The van der Waals surface area contributed by atoms with Gasteiger partial charge in [0.2, 0.25) is 5.82 Å². The molecule has 7 heteroatoms. The molecule has 0 aliphatic heterocycles. The Bertz CT molecular complexity index is 1330. The van der Waals surface area contributed by atoms with Gasteiger partial charge in [-0.2, -0.15) is 4.39 Å². The fourth-order valence-corrected chi connectivity index (χ4v) is 4.73. The molecule has 0 saturated carbocycles. The maximum atomic E-state index is 15.0. The predicted octanol–water partition coefficient (Wildman–Crippen LogP) is 8.75. The van der Waals surface area contributed by atoms with Crippen molar-refractivity contribution in [3.8, 4) is 5.75 Å². The summed E-state index contributed by atoms with van der Waals surface area (Å²) >= 11 is 0. The van der Waals surface area contributed by atoms with Crippen LogP contribution in [-0.4, -0.2) is 6.61 Å². The van der Waals surface area contributed by atoms with Gasteiger partial charge in [0.25, 0.3) is 0 Å². The zero-order valence-electron chi connectivity index (χ0n) is 20.7. The molecule has 0 radical (unpaired) electrons. The molecule has 1 aliphatic carbocycles. The van der Waals surface area contributed by atoms with Crippen molar-refractivity contribution < 1.29 is 31.1 Å². The van der Waals surface area contributed by atoms with Crippen LogP contribution in [0.3, 0.4) is 0 Å². The van der Waals surface area contributed by atoms with Gasteiger partial charge in [0.05, 0.1) is 6.61 Å². The first-order valence-electron chi connectivity index (χ1n) is 12.4. The van der Waals surface area contributed by atoms with Gasteiger partial charge in [-0.05, 0) is 85.3 Å². The van der Waals surface area contributed by atoms with Crippen molar-refractivity contribution in [1.29, 1.82) is 0 Å². The van der Waals surface area contributed by atoms with E-state index < -0.39 is 34.9 Å². The molecule has 3 aromatic rings. The third kappa shape index (κ3) is 5.55. The number of allylic oxidation sites excluding steroid dienone is 2. The van der Waals surface area contributed by atoms with Crippen molar-refractivity contribution in [2.24, 2.45) is 0 Å². The van der Waals surface area contributed by atoms with E-state index in [0.717, 1.165) is 0 Å². The van der Waals surface area contributed by atoms with E-state index in [4.69, 9.17) is 4.74 Å². The molecule has 1 atom stereocenters. The van der Waals surface area contributed by atoms with Crippen molar-refractivity contribution >= 4 is 5.57 Å². The molecule has 37 heavy (non-hydrogen) atoms. The van der Waals surface area contributed by atoms with Crippen LogP contribution in [0.15, 0.2) is 42.5 Å². The highest BCUT2D eigenvalue weighted by Crippen LogP contribution is 2.39. The zero-order valence-corrected chi connectivity index (χ0v) is 20.7. The molecular weight excluding hydrogens is 490 g/mol. The fourth-order valence-electron chi connectivity index (χ4n) is 4.73. The number of benzene rings is 3. The Kier molecular flexibility index (Phi) is 8.30. The second-order valence-corrected chi connectivity index (χ2v) is 9.40. The first-order valence-corrected chi connectivity index (χ1v) is 12.4. The van der Waals surface area contributed by atoms with E-state index in [2.05, 4.69) is 0 Å². The minimum absolute atomic E-state index is 0.0183. The minimum Gasteiger partial charge on any atom is -0.490 e. The third-order valence-corrected chi connectivity index (χ3v) is 6.92. The second-order valence-electron chi connectivity index (χ2n) is 9.40. The molecule has 3 aromatic carbocycles. The van der Waals surface area contributed by atoms with Crippen LogP contribution < -0.4 is 4.74 Å². The van der Waals surface area contributed by atoms with Gasteiger partial charge in [0.15, 0.2) is 34.8 Å². The largest absolute Gasteiger partial charge is 0.490 e. The molecule has 0 amide bonds. The van der Waals surface area contributed by atoms with Crippen LogP contribution in [-0.2, 0) is 12.8 Å². The van der Waals surface area contributed by atoms with Crippen LogP contribution in [0.1, 0.15) is 66.3 Å². The minimum atomic E-state index is -1.09. The Balaban J connectivity index is 1.47. The Morgan fingerprint density at radius 3 is 2.08 bits per heavy atom. The molecule has 1 aliphatic rings. The topological polar surface area (TPSA) is 9.23 Å². The highest BCUT2D eigenvalue weighted by molar-refractivity contribution is 5.67. The van der Waals surface area contributed by atoms with E-state index in [1.807, 2.05) is 6.92 Å². The van der Waals surface area contributed by atoms with Crippen molar-refractivity contribution in [2.75, 3.05) is 6.61 Å². The summed E-state index contributed by atoms with van der Waals surface area (Å²) in [5.74, 6) is -6.34. The Labute approximate surface area is 212 Å². The maximum Gasteiger partial charge on any atom is 0.200 e. The lowest BCUT2D eigenvalue weighted by Gasteiger charge is -2.24. The molecule has 0 heterocycles. The lowest BCUT2D eigenvalue weighted by atomic mass is 9.82. The van der Waals surface area contributed by atoms with E-state index in [0.29, 0.717) is 31.3 Å². The average molecular weight is 519 g/mol.